The molecule has 1 aliphatic heterocycles. The van der Waals surface area contributed by atoms with Crippen LogP contribution >= 0.6 is 0 Å². The Labute approximate surface area is 136 Å². The largest absolute Gasteiger partial charge is 0.480 e. The Morgan fingerprint density at radius 3 is 2.43 bits per heavy atom. The van der Waals surface area contributed by atoms with E-state index in [1.807, 2.05) is 0 Å². The van der Waals surface area contributed by atoms with Crippen LogP contribution in [0, 0.1) is 0 Å². The van der Waals surface area contributed by atoms with Gasteiger partial charge in [0, 0.05) is 6.54 Å². The smallest absolute Gasteiger partial charge is 0.326 e. The monoisotopic (exact) mass is 339 g/mol. The predicted molar refractivity (Wildman–Crippen MR) is 84.9 cm³/mol. The fraction of sp³-hybridized carbons (Fsp3) is 0.500. The highest BCUT2D eigenvalue weighted by atomic mass is 32.2. The van der Waals surface area contributed by atoms with E-state index < -0.39 is 21.8 Å². The lowest BCUT2D eigenvalue weighted by molar-refractivity contribution is -0.151. The van der Waals surface area contributed by atoms with Gasteiger partial charge in [0.2, 0.25) is 5.91 Å². The second-order valence-electron chi connectivity index (χ2n) is 5.66. The number of carboxylic acids is 1. The molecule has 0 saturated carbocycles. The molecule has 1 fully saturated rings. The molecule has 0 radical (unpaired) electrons. The molecule has 0 bridgehead atoms. The summed E-state index contributed by atoms with van der Waals surface area (Å²) in [6.45, 7) is 2.03. The van der Waals surface area contributed by atoms with Crippen molar-refractivity contribution < 1.29 is 23.1 Å². The molecule has 0 aliphatic carbocycles. The molecule has 1 aromatic carbocycles. The highest BCUT2D eigenvalue weighted by molar-refractivity contribution is 7.91. The maximum absolute atomic E-state index is 12.4. The van der Waals surface area contributed by atoms with Gasteiger partial charge in [-0.2, -0.15) is 0 Å². The second-order valence-corrected chi connectivity index (χ2v) is 7.94. The van der Waals surface area contributed by atoms with Crippen LogP contribution < -0.4 is 0 Å². The van der Waals surface area contributed by atoms with Crippen molar-refractivity contribution in [3.8, 4) is 0 Å². The molecule has 1 aromatic rings. The lowest BCUT2D eigenvalue weighted by atomic mass is 10.0. The minimum atomic E-state index is -3.26. The van der Waals surface area contributed by atoms with Gasteiger partial charge in [0.05, 0.1) is 17.1 Å². The zero-order valence-corrected chi connectivity index (χ0v) is 13.9. The van der Waals surface area contributed by atoms with Crippen molar-refractivity contribution in [3.05, 3.63) is 29.8 Å². The summed E-state index contributed by atoms with van der Waals surface area (Å²) in [6, 6.07) is 5.45. The van der Waals surface area contributed by atoms with E-state index in [0.29, 0.717) is 18.5 Å². The van der Waals surface area contributed by atoms with Gasteiger partial charge in [0.15, 0.2) is 9.84 Å². The van der Waals surface area contributed by atoms with E-state index in [2.05, 4.69) is 0 Å². The first-order chi connectivity index (χ1) is 10.8. The van der Waals surface area contributed by atoms with E-state index >= 15 is 0 Å². The van der Waals surface area contributed by atoms with Crippen molar-refractivity contribution in [2.45, 2.75) is 43.5 Å². The molecule has 126 valence electrons. The molecule has 1 amide bonds. The zero-order valence-electron chi connectivity index (χ0n) is 13.1. The number of benzene rings is 1. The molecule has 1 heterocycles. The van der Waals surface area contributed by atoms with Gasteiger partial charge in [-0.25, -0.2) is 13.2 Å². The third-order valence-electron chi connectivity index (χ3n) is 4.13. The third kappa shape index (κ3) is 4.10. The molecule has 1 N–H and O–H groups in total. The number of aliphatic carboxylic acids is 1. The van der Waals surface area contributed by atoms with Crippen LogP contribution in [0.15, 0.2) is 29.2 Å². The normalized spacial score (nSPS) is 18.7. The van der Waals surface area contributed by atoms with Gasteiger partial charge >= 0.3 is 5.97 Å². The van der Waals surface area contributed by atoms with Crippen LogP contribution in [0.5, 0.6) is 0 Å². The number of rotatable bonds is 5. The Kier molecular flexibility index (Phi) is 5.41. The maximum Gasteiger partial charge on any atom is 0.326 e. The highest BCUT2D eigenvalue weighted by Crippen LogP contribution is 2.19. The van der Waals surface area contributed by atoms with Gasteiger partial charge < -0.3 is 10.0 Å². The minimum absolute atomic E-state index is 0.0271. The first-order valence-electron chi connectivity index (χ1n) is 7.69. The van der Waals surface area contributed by atoms with Gasteiger partial charge in [-0.3, -0.25) is 4.79 Å². The summed E-state index contributed by atoms with van der Waals surface area (Å²) < 4.78 is 23.5. The van der Waals surface area contributed by atoms with Crippen molar-refractivity contribution in [1.82, 2.24) is 4.90 Å². The number of hydrogen-bond donors (Lipinski definition) is 1. The zero-order chi connectivity index (χ0) is 17.0. The van der Waals surface area contributed by atoms with Crippen LogP contribution in [0.25, 0.3) is 0 Å². The lowest BCUT2D eigenvalue weighted by Gasteiger charge is -2.33. The van der Waals surface area contributed by atoms with Gasteiger partial charge in [-0.05, 0) is 37.0 Å². The first-order valence-corrected chi connectivity index (χ1v) is 9.34. The number of carboxylic acid groups (broad SMARTS) is 1. The quantitative estimate of drug-likeness (QED) is 0.877. The van der Waals surface area contributed by atoms with Crippen molar-refractivity contribution in [1.29, 1.82) is 0 Å². The summed E-state index contributed by atoms with van der Waals surface area (Å²) in [7, 11) is -3.26. The Balaban J connectivity index is 2.09. The van der Waals surface area contributed by atoms with E-state index in [-0.39, 0.29) is 23.0 Å². The summed E-state index contributed by atoms with van der Waals surface area (Å²) in [5.41, 5.74) is 0.680. The Morgan fingerprint density at radius 2 is 1.87 bits per heavy atom. The third-order valence-corrected chi connectivity index (χ3v) is 5.88. The number of sulfone groups is 1. The molecule has 0 unspecified atom stereocenters. The van der Waals surface area contributed by atoms with Gasteiger partial charge in [-0.1, -0.05) is 19.1 Å². The molecule has 1 aliphatic rings. The first kappa shape index (κ1) is 17.5. The van der Waals surface area contributed by atoms with E-state index in [1.54, 1.807) is 19.1 Å². The summed E-state index contributed by atoms with van der Waals surface area (Å²) in [5.74, 6) is -1.18. The van der Waals surface area contributed by atoms with E-state index in [4.69, 9.17) is 0 Å². The van der Waals surface area contributed by atoms with Crippen molar-refractivity contribution in [2.75, 3.05) is 12.3 Å². The molecule has 1 saturated heterocycles. The number of likely N-dealkylation sites (tertiary alicyclic amines) is 1. The number of piperidine rings is 1. The molecule has 0 aromatic heterocycles. The summed E-state index contributed by atoms with van der Waals surface area (Å²) in [5, 5.41) is 9.22. The SMILES string of the molecule is CCS(=O)(=O)c1ccc(CC(=O)N2CCCC[C@@H]2C(=O)O)cc1. The number of nitrogens with zero attached hydrogens (tertiary/aromatic N) is 1. The number of amides is 1. The lowest BCUT2D eigenvalue weighted by Crippen LogP contribution is -2.48. The maximum atomic E-state index is 12.4. The number of hydrogen-bond acceptors (Lipinski definition) is 4. The van der Waals surface area contributed by atoms with Crippen LogP contribution in [-0.4, -0.2) is 48.6 Å². The summed E-state index contributed by atoms with van der Waals surface area (Å²) in [4.78, 5) is 25.3. The molecule has 1 atom stereocenters. The van der Waals surface area contributed by atoms with Crippen LogP contribution in [0.1, 0.15) is 31.7 Å². The van der Waals surface area contributed by atoms with Crippen molar-refractivity contribution >= 4 is 21.7 Å². The molecule has 23 heavy (non-hydrogen) atoms. The molecule has 7 heteroatoms. The van der Waals surface area contributed by atoms with Crippen LogP contribution in [-0.2, 0) is 25.8 Å². The Morgan fingerprint density at radius 1 is 1.22 bits per heavy atom. The van der Waals surface area contributed by atoms with Gasteiger partial charge in [0.25, 0.3) is 0 Å². The number of carbonyl (C=O) groups is 2. The minimum Gasteiger partial charge on any atom is -0.480 e. The van der Waals surface area contributed by atoms with Gasteiger partial charge in [-0.15, -0.1) is 0 Å². The topological polar surface area (TPSA) is 91.8 Å². The second kappa shape index (κ2) is 7.12. The fourth-order valence-electron chi connectivity index (χ4n) is 2.74. The van der Waals surface area contributed by atoms with Crippen LogP contribution in [0.3, 0.4) is 0 Å². The molecular weight excluding hydrogens is 318 g/mol. The van der Waals surface area contributed by atoms with E-state index in [9.17, 15) is 23.1 Å². The van der Waals surface area contributed by atoms with Crippen LogP contribution in [0.4, 0.5) is 0 Å². The Hall–Kier alpha value is -1.89. The highest BCUT2D eigenvalue weighted by Gasteiger charge is 2.31. The molecule has 2 rings (SSSR count). The predicted octanol–water partition coefficient (Wildman–Crippen LogP) is 1.49. The summed E-state index contributed by atoms with van der Waals surface area (Å²) in [6.07, 6.45) is 2.18. The van der Waals surface area contributed by atoms with Crippen LogP contribution in [0.2, 0.25) is 0 Å². The average molecular weight is 339 g/mol. The van der Waals surface area contributed by atoms with Crippen molar-refractivity contribution in [2.24, 2.45) is 0 Å². The van der Waals surface area contributed by atoms with Gasteiger partial charge in [0.1, 0.15) is 6.04 Å². The van der Waals surface area contributed by atoms with Crippen molar-refractivity contribution in [3.63, 3.8) is 0 Å². The molecule has 0 spiro atoms. The molecular formula is C16H21NO5S. The number of carbonyl (C=O) groups excluding carboxylic acids is 1. The Bertz CT molecular complexity index is 681. The van der Waals surface area contributed by atoms with E-state index in [0.717, 1.165) is 12.8 Å². The summed E-state index contributed by atoms with van der Waals surface area (Å²) >= 11 is 0. The average Bonchev–Trinajstić information content (AvgIpc) is 2.55. The molecule has 6 nitrogen and oxygen atoms in total. The fourth-order valence-corrected chi connectivity index (χ4v) is 3.63. The van der Waals surface area contributed by atoms with E-state index in [1.165, 1.54) is 17.0 Å². The standard InChI is InChI=1S/C16H21NO5S/c1-2-23(21,22)13-8-6-12(7-9-13)11-15(18)17-10-4-3-5-14(17)16(19)20/h6-9,14H,2-5,10-11H2,1H3,(H,19,20)/t14-/m1/s1.